The highest BCUT2D eigenvalue weighted by Gasteiger charge is 2.13. The van der Waals surface area contributed by atoms with Crippen LogP contribution in [-0.2, 0) is 26.6 Å². The van der Waals surface area contributed by atoms with Crippen molar-refractivity contribution in [2.45, 2.75) is 16.5 Å². The Hall–Kier alpha value is -1.88. The monoisotopic (exact) mass is 331 g/mol. The molecule has 1 aromatic carbocycles. The molecule has 8 nitrogen and oxygen atoms in total. The first-order valence-corrected chi connectivity index (χ1v) is 8.74. The van der Waals surface area contributed by atoms with Crippen LogP contribution in [0.3, 0.4) is 0 Å². The third-order valence-electron chi connectivity index (χ3n) is 2.57. The summed E-state index contributed by atoms with van der Waals surface area (Å²) in [6, 6.07) is 8.51. The number of benzene rings is 1. The number of furan rings is 1. The van der Waals surface area contributed by atoms with E-state index in [1.807, 2.05) is 0 Å². The highest BCUT2D eigenvalue weighted by molar-refractivity contribution is 7.89. The van der Waals surface area contributed by atoms with Gasteiger partial charge in [0.05, 0.1) is 11.4 Å². The Labute approximate surface area is 121 Å². The van der Waals surface area contributed by atoms with Gasteiger partial charge in [0, 0.05) is 5.69 Å². The van der Waals surface area contributed by atoms with Crippen LogP contribution in [0.4, 0.5) is 5.69 Å². The van der Waals surface area contributed by atoms with Crippen molar-refractivity contribution in [2.75, 3.05) is 5.32 Å². The molecule has 0 amide bonds. The van der Waals surface area contributed by atoms with E-state index in [0.29, 0.717) is 11.4 Å². The molecular formula is C11H13N3O5S2. The number of hydrogen-bond donors (Lipinski definition) is 3. The fourth-order valence-electron chi connectivity index (χ4n) is 1.56. The molecule has 0 atom stereocenters. The van der Waals surface area contributed by atoms with Crippen molar-refractivity contribution in [3.8, 4) is 0 Å². The van der Waals surface area contributed by atoms with Crippen LogP contribution in [-0.4, -0.2) is 16.8 Å². The first kappa shape index (κ1) is 15.5. The summed E-state index contributed by atoms with van der Waals surface area (Å²) in [7, 11) is -7.59. The molecule has 0 saturated heterocycles. The number of sulfonamides is 2. The largest absolute Gasteiger partial charge is 0.446 e. The second-order valence-electron chi connectivity index (χ2n) is 4.19. The third-order valence-corrected chi connectivity index (χ3v) is 4.28. The van der Waals surface area contributed by atoms with Gasteiger partial charge in [-0.15, -0.1) is 0 Å². The second-order valence-corrected chi connectivity index (χ2v) is 7.24. The predicted molar refractivity (Wildman–Crippen MR) is 75.2 cm³/mol. The summed E-state index contributed by atoms with van der Waals surface area (Å²) in [5, 5.41) is 12.5. The van der Waals surface area contributed by atoms with Gasteiger partial charge in [-0.3, -0.25) is 0 Å². The number of rotatable bonds is 5. The van der Waals surface area contributed by atoms with Gasteiger partial charge in [0.1, 0.15) is 5.76 Å². The molecule has 0 spiro atoms. The molecular weight excluding hydrogens is 318 g/mol. The first-order valence-electron chi connectivity index (χ1n) is 5.64. The maximum atomic E-state index is 11.1. The van der Waals surface area contributed by atoms with Gasteiger partial charge < -0.3 is 9.73 Å². The van der Waals surface area contributed by atoms with Crippen LogP contribution in [0.15, 0.2) is 50.8 Å². The zero-order valence-electron chi connectivity index (χ0n) is 10.7. The second kappa shape index (κ2) is 5.48. The Bertz CT molecular complexity index is 838. The van der Waals surface area contributed by atoms with Gasteiger partial charge in [-0.25, -0.2) is 27.1 Å². The van der Waals surface area contributed by atoms with Gasteiger partial charge in [-0.2, -0.15) is 0 Å². The fraction of sp³-hybridized carbons (Fsp3) is 0.0909. The normalized spacial score (nSPS) is 12.3. The van der Waals surface area contributed by atoms with E-state index >= 15 is 0 Å². The van der Waals surface area contributed by atoms with E-state index in [1.165, 1.54) is 36.4 Å². The Morgan fingerprint density at radius 2 is 1.52 bits per heavy atom. The lowest BCUT2D eigenvalue weighted by molar-refractivity contribution is 0.419. The average Bonchev–Trinajstić information content (AvgIpc) is 2.84. The molecule has 2 rings (SSSR count). The van der Waals surface area contributed by atoms with Gasteiger partial charge >= 0.3 is 0 Å². The summed E-state index contributed by atoms with van der Waals surface area (Å²) in [6.45, 7) is 0.213. The number of hydrogen-bond acceptors (Lipinski definition) is 6. The molecule has 10 heteroatoms. The lowest BCUT2D eigenvalue weighted by Crippen LogP contribution is -2.12. The van der Waals surface area contributed by atoms with Crippen molar-refractivity contribution in [1.29, 1.82) is 0 Å². The smallest absolute Gasteiger partial charge is 0.271 e. The standard InChI is InChI=1S/C11H13N3O5S2/c12-20(15,16)10-4-1-8(2-5-10)14-7-9-3-6-11(19-9)21(13,17)18/h1-6,14H,7H2,(H2,12,15,16)(H2,13,17,18). The van der Waals surface area contributed by atoms with E-state index in [0.717, 1.165) is 0 Å². The summed E-state index contributed by atoms with van der Waals surface area (Å²) in [5.74, 6) is 0.370. The number of primary sulfonamides is 2. The first-order chi connectivity index (χ1) is 9.66. The van der Waals surface area contributed by atoms with Crippen molar-refractivity contribution in [3.63, 3.8) is 0 Å². The van der Waals surface area contributed by atoms with Crippen molar-refractivity contribution in [1.82, 2.24) is 0 Å². The lowest BCUT2D eigenvalue weighted by Gasteiger charge is -2.05. The maximum absolute atomic E-state index is 11.1. The number of nitrogens with two attached hydrogens (primary N) is 2. The molecule has 21 heavy (non-hydrogen) atoms. The Kier molecular flexibility index (Phi) is 4.05. The Morgan fingerprint density at radius 3 is 2.00 bits per heavy atom. The number of anilines is 1. The van der Waals surface area contributed by atoms with Crippen LogP contribution < -0.4 is 15.6 Å². The minimum absolute atomic E-state index is 0.00237. The summed E-state index contributed by atoms with van der Waals surface area (Å²) in [6.07, 6.45) is 0. The summed E-state index contributed by atoms with van der Waals surface area (Å²) >= 11 is 0. The van der Waals surface area contributed by atoms with Crippen molar-refractivity contribution >= 4 is 25.7 Å². The molecule has 2 aromatic rings. The lowest BCUT2D eigenvalue weighted by atomic mass is 10.3. The summed E-state index contributed by atoms with van der Waals surface area (Å²) in [5.41, 5.74) is 0.621. The molecule has 0 unspecified atom stereocenters. The van der Waals surface area contributed by atoms with Crippen molar-refractivity contribution in [3.05, 3.63) is 42.2 Å². The Balaban J connectivity index is 2.05. The van der Waals surface area contributed by atoms with Gasteiger partial charge in [-0.05, 0) is 36.4 Å². The average molecular weight is 331 g/mol. The molecule has 0 aliphatic heterocycles. The molecule has 0 aliphatic carbocycles. The van der Waals surface area contributed by atoms with E-state index in [4.69, 9.17) is 14.7 Å². The van der Waals surface area contributed by atoms with Crippen LogP contribution in [0.1, 0.15) is 5.76 Å². The van der Waals surface area contributed by atoms with Gasteiger partial charge in [0.2, 0.25) is 15.1 Å². The van der Waals surface area contributed by atoms with Crippen molar-refractivity contribution in [2.24, 2.45) is 10.3 Å². The van der Waals surface area contributed by atoms with Crippen LogP contribution >= 0.6 is 0 Å². The van der Waals surface area contributed by atoms with E-state index < -0.39 is 20.0 Å². The van der Waals surface area contributed by atoms with Crippen LogP contribution in [0.2, 0.25) is 0 Å². The van der Waals surface area contributed by atoms with Crippen LogP contribution in [0.25, 0.3) is 0 Å². The van der Waals surface area contributed by atoms with E-state index in [1.54, 1.807) is 0 Å². The summed E-state index contributed by atoms with van der Waals surface area (Å²) < 4.78 is 49.3. The van der Waals surface area contributed by atoms with Crippen molar-refractivity contribution < 1.29 is 21.3 Å². The predicted octanol–water partition coefficient (Wildman–Crippen LogP) is 0.187. The highest BCUT2D eigenvalue weighted by atomic mass is 32.2. The SMILES string of the molecule is NS(=O)(=O)c1ccc(NCc2ccc(S(N)(=O)=O)o2)cc1. The fourth-order valence-corrected chi connectivity index (χ4v) is 2.55. The minimum Gasteiger partial charge on any atom is -0.446 e. The van der Waals surface area contributed by atoms with Crippen LogP contribution in [0.5, 0.6) is 0 Å². The van der Waals surface area contributed by atoms with E-state index in [-0.39, 0.29) is 16.5 Å². The Morgan fingerprint density at radius 1 is 0.905 bits per heavy atom. The molecule has 114 valence electrons. The van der Waals surface area contributed by atoms with Crippen LogP contribution in [0, 0.1) is 0 Å². The highest BCUT2D eigenvalue weighted by Crippen LogP contribution is 2.16. The molecule has 0 saturated carbocycles. The summed E-state index contributed by atoms with van der Waals surface area (Å²) in [4.78, 5) is 0.00237. The molecule has 5 N–H and O–H groups in total. The zero-order chi connectivity index (χ0) is 15.7. The molecule has 0 fully saturated rings. The molecule has 0 aliphatic rings. The van der Waals surface area contributed by atoms with Gasteiger partial charge in [-0.1, -0.05) is 0 Å². The van der Waals surface area contributed by atoms with Gasteiger partial charge in [0.25, 0.3) is 10.0 Å². The third kappa shape index (κ3) is 4.04. The zero-order valence-corrected chi connectivity index (χ0v) is 12.3. The quantitative estimate of drug-likeness (QED) is 0.712. The van der Waals surface area contributed by atoms with Gasteiger partial charge in [0.15, 0.2) is 0 Å². The van der Waals surface area contributed by atoms with E-state index in [2.05, 4.69) is 5.32 Å². The molecule has 1 heterocycles. The minimum atomic E-state index is -3.86. The molecule has 0 bridgehead atoms. The molecule has 0 radical (unpaired) electrons. The number of nitrogens with one attached hydrogen (secondary N) is 1. The topological polar surface area (TPSA) is 145 Å². The molecule has 1 aromatic heterocycles. The van der Waals surface area contributed by atoms with E-state index in [9.17, 15) is 16.8 Å². The maximum Gasteiger partial charge on any atom is 0.271 e.